The largest absolute Gasteiger partial charge is 0.460 e. The van der Waals surface area contributed by atoms with Crippen LogP contribution in [0.1, 0.15) is 23.0 Å². The van der Waals surface area contributed by atoms with Crippen LogP contribution in [0.15, 0.2) is 62.6 Å². The van der Waals surface area contributed by atoms with Crippen molar-refractivity contribution in [2.45, 2.75) is 17.9 Å². The Balaban J connectivity index is 1.59. The number of carbonyl (C=O) groups excluding carboxylic acids is 1. The molecular formula is C20H15ClN2O4S. The minimum Gasteiger partial charge on any atom is -0.460 e. The lowest BCUT2D eigenvalue weighted by Crippen LogP contribution is -2.05. The number of benzene rings is 2. The monoisotopic (exact) mass is 414 g/mol. The van der Waals surface area contributed by atoms with Crippen LogP contribution < -0.4 is 0 Å². The molecule has 0 amide bonds. The van der Waals surface area contributed by atoms with Crippen molar-refractivity contribution in [1.29, 1.82) is 0 Å². The Hall–Kier alpha value is -2.77. The summed E-state index contributed by atoms with van der Waals surface area (Å²) >= 11 is 7.33. The summed E-state index contributed by atoms with van der Waals surface area (Å²) in [6.07, 6.45) is 0. The Morgan fingerprint density at radius 2 is 2.00 bits per heavy atom. The summed E-state index contributed by atoms with van der Waals surface area (Å²) in [4.78, 5) is 12.3. The first-order valence-electron chi connectivity index (χ1n) is 8.55. The highest BCUT2D eigenvalue weighted by atomic mass is 35.5. The maximum atomic E-state index is 12.3. The van der Waals surface area contributed by atoms with Crippen LogP contribution in [0.4, 0.5) is 0 Å². The number of thioether (sulfide) groups is 1. The zero-order chi connectivity index (χ0) is 19.5. The van der Waals surface area contributed by atoms with E-state index in [1.54, 1.807) is 19.1 Å². The molecule has 0 saturated heterocycles. The highest BCUT2D eigenvalue weighted by molar-refractivity contribution is 7.98. The molecule has 6 nitrogen and oxygen atoms in total. The lowest BCUT2D eigenvalue weighted by Gasteiger charge is -2.01. The quantitative estimate of drug-likeness (QED) is 0.300. The van der Waals surface area contributed by atoms with Gasteiger partial charge in [0.1, 0.15) is 5.58 Å². The lowest BCUT2D eigenvalue weighted by atomic mass is 10.1. The van der Waals surface area contributed by atoms with Gasteiger partial charge in [0.05, 0.1) is 6.61 Å². The van der Waals surface area contributed by atoms with Gasteiger partial charge in [-0.25, -0.2) is 4.79 Å². The van der Waals surface area contributed by atoms with E-state index in [0.717, 1.165) is 16.5 Å². The normalized spacial score (nSPS) is 11.1. The third-order valence-electron chi connectivity index (χ3n) is 3.98. The molecule has 4 rings (SSSR count). The average molecular weight is 415 g/mol. The molecule has 0 bridgehead atoms. The van der Waals surface area contributed by atoms with Gasteiger partial charge in [-0.2, -0.15) is 0 Å². The third kappa shape index (κ3) is 3.76. The number of hydrogen-bond acceptors (Lipinski definition) is 7. The molecule has 0 saturated carbocycles. The zero-order valence-electron chi connectivity index (χ0n) is 14.8. The van der Waals surface area contributed by atoms with Crippen molar-refractivity contribution in [2.75, 3.05) is 6.61 Å². The molecule has 0 spiro atoms. The number of para-hydroxylation sites is 1. The predicted molar refractivity (Wildman–Crippen MR) is 106 cm³/mol. The van der Waals surface area contributed by atoms with Crippen LogP contribution in [-0.2, 0) is 10.5 Å². The molecular weight excluding hydrogens is 400 g/mol. The zero-order valence-corrected chi connectivity index (χ0v) is 16.4. The number of halogens is 1. The maximum Gasteiger partial charge on any atom is 0.374 e. The number of esters is 1. The summed E-state index contributed by atoms with van der Waals surface area (Å²) in [5.41, 5.74) is 2.11. The SMILES string of the molecule is CCOC(=O)c1oc2ccccc2c1CSc1nnc(-c2cccc(Cl)c2)o1. The maximum absolute atomic E-state index is 12.3. The van der Waals surface area contributed by atoms with Crippen LogP contribution in [0.3, 0.4) is 0 Å². The van der Waals surface area contributed by atoms with Gasteiger partial charge in [-0.3, -0.25) is 0 Å². The van der Waals surface area contributed by atoms with Gasteiger partial charge >= 0.3 is 5.97 Å². The Kier molecular flexibility index (Phi) is 5.36. The molecule has 142 valence electrons. The number of fused-ring (bicyclic) bond motifs is 1. The number of furan rings is 1. The molecule has 2 aromatic carbocycles. The van der Waals surface area contributed by atoms with Gasteiger partial charge in [-0.1, -0.05) is 47.6 Å². The fraction of sp³-hybridized carbons (Fsp3) is 0.150. The first kappa shape index (κ1) is 18.6. The Bertz CT molecular complexity index is 1140. The molecule has 0 radical (unpaired) electrons. The van der Waals surface area contributed by atoms with Crippen LogP contribution in [0.25, 0.3) is 22.4 Å². The summed E-state index contributed by atoms with van der Waals surface area (Å²) in [5.74, 6) is 0.514. The molecule has 0 N–H and O–H groups in total. The van der Waals surface area contributed by atoms with Gasteiger partial charge in [0.15, 0.2) is 0 Å². The first-order valence-corrected chi connectivity index (χ1v) is 9.92. The summed E-state index contributed by atoms with van der Waals surface area (Å²) in [5, 5.41) is 9.96. The lowest BCUT2D eigenvalue weighted by molar-refractivity contribution is 0.0491. The van der Waals surface area contributed by atoms with E-state index in [1.807, 2.05) is 36.4 Å². The molecule has 0 aliphatic carbocycles. The third-order valence-corrected chi connectivity index (χ3v) is 5.06. The van der Waals surface area contributed by atoms with Crippen LogP contribution in [0, 0.1) is 0 Å². The molecule has 0 unspecified atom stereocenters. The van der Waals surface area contributed by atoms with Crippen molar-refractivity contribution in [3.8, 4) is 11.5 Å². The minimum atomic E-state index is -0.487. The van der Waals surface area contributed by atoms with Gasteiger partial charge in [-0.05, 0) is 31.2 Å². The second kappa shape index (κ2) is 8.08. The van der Waals surface area contributed by atoms with Gasteiger partial charge < -0.3 is 13.6 Å². The molecule has 0 aliphatic rings. The van der Waals surface area contributed by atoms with Crippen molar-refractivity contribution in [3.05, 3.63) is 64.9 Å². The van der Waals surface area contributed by atoms with Crippen molar-refractivity contribution in [3.63, 3.8) is 0 Å². The van der Waals surface area contributed by atoms with Gasteiger partial charge in [-0.15, -0.1) is 10.2 Å². The number of carbonyl (C=O) groups is 1. The van der Waals surface area contributed by atoms with E-state index in [2.05, 4.69) is 10.2 Å². The van der Waals surface area contributed by atoms with Gasteiger partial charge in [0.25, 0.3) is 5.22 Å². The van der Waals surface area contributed by atoms with E-state index < -0.39 is 5.97 Å². The number of rotatable bonds is 6. The predicted octanol–water partition coefficient (Wildman–Crippen LogP) is 5.61. The topological polar surface area (TPSA) is 78.4 Å². The van der Waals surface area contributed by atoms with Crippen LogP contribution in [0.5, 0.6) is 0 Å². The van der Waals surface area contributed by atoms with Gasteiger partial charge in [0, 0.05) is 27.3 Å². The van der Waals surface area contributed by atoms with E-state index in [1.165, 1.54) is 11.8 Å². The van der Waals surface area contributed by atoms with E-state index in [0.29, 0.717) is 27.5 Å². The van der Waals surface area contributed by atoms with E-state index in [-0.39, 0.29) is 12.4 Å². The van der Waals surface area contributed by atoms with Crippen LogP contribution >= 0.6 is 23.4 Å². The second-order valence-electron chi connectivity index (χ2n) is 5.80. The summed E-state index contributed by atoms with van der Waals surface area (Å²) in [6, 6.07) is 14.7. The number of hydrogen-bond donors (Lipinski definition) is 0. The molecule has 8 heteroatoms. The van der Waals surface area contributed by atoms with Crippen LogP contribution in [-0.4, -0.2) is 22.8 Å². The first-order chi connectivity index (χ1) is 13.7. The summed E-state index contributed by atoms with van der Waals surface area (Å²) in [6.45, 7) is 2.03. The molecule has 0 atom stereocenters. The highest BCUT2D eigenvalue weighted by Crippen LogP contribution is 2.33. The summed E-state index contributed by atoms with van der Waals surface area (Å²) < 4.78 is 16.6. The second-order valence-corrected chi connectivity index (χ2v) is 7.16. The molecule has 2 heterocycles. The number of aromatic nitrogens is 2. The van der Waals surface area contributed by atoms with Crippen molar-refractivity contribution >= 4 is 40.3 Å². The van der Waals surface area contributed by atoms with Crippen LogP contribution in [0.2, 0.25) is 5.02 Å². The minimum absolute atomic E-state index is 0.199. The van der Waals surface area contributed by atoms with E-state index >= 15 is 0 Å². The molecule has 28 heavy (non-hydrogen) atoms. The van der Waals surface area contributed by atoms with E-state index in [9.17, 15) is 4.79 Å². The fourth-order valence-corrected chi connectivity index (χ4v) is 3.72. The summed E-state index contributed by atoms with van der Waals surface area (Å²) in [7, 11) is 0. The molecule has 2 aromatic heterocycles. The standard InChI is InChI=1S/C20H15ClN2O4S/c1-2-25-19(24)17-15(14-8-3-4-9-16(14)26-17)11-28-20-23-22-18(27-20)12-6-5-7-13(21)10-12/h3-10H,2,11H2,1H3. The van der Waals surface area contributed by atoms with E-state index in [4.69, 9.17) is 25.2 Å². The highest BCUT2D eigenvalue weighted by Gasteiger charge is 2.22. The van der Waals surface area contributed by atoms with Crippen molar-refractivity contribution < 1.29 is 18.4 Å². The van der Waals surface area contributed by atoms with Crippen molar-refractivity contribution in [1.82, 2.24) is 10.2 Å². The Morgan fingerprint density at radius 1 is 1.14 bits per heavy atom. The van der Waals surface area contributed by atoms with Gasteiger partial charge in [0.2, 0.25) is 11.7 Å². The molecule has 0 aliphatic heterocycles. The van der Waals surface area contributed by atoms with Crippen molar-refractivity contribution in [2.24, 2.45) is 0 Å². The number of nitrogens with zero attached hydrogens (tertiary/aromatic N) is 2. The molecule has 0 fully saturated rings. The molecule has 4 aromatic rings. The Labute approximate surface area is 169 Å². The Morgan fingerprint density at radius 3 is 2.82 bits per heavy atom. The number of ether oxygens (including phenoxy) is 1. The smallest absolute Gasteiger partial charge is 0.374 e. The average Bonchev–Trinajstić information content (AvgIpc) is 3.31. The fourth-order valence-electron chi connectivity index (χ4n) is 2.74.